The Labute approximate surface area is 192 Å². The van der Waals surface area contributed by atoms with Gasteiger partial charge in [0.1, 0.15) is 23.6 Å². The van der Waals surface area contributed by atoms with Gasteiger partial charge in [-0.1, -0.05) is 6.07 Å². The number of anilines is 2. The average Bonchev–Trinajstić information content (AvgIpc) is 3.39. The molecule has 33 heavy (non-hydrogen) atoms. The van der Waals surface area contributed by atoms with Gasteiger partial charge in [0.2, 0.25) is 0 Å². The van der Waals surface area contributed by atoms with Gasteiger partial charge in [-0.05, 0) is 56.0 Å². The van der Waals surface area contributed by atoms with Gasteiger partial charge in [-0.15, -0.1) is 0 Å². The second-order valence-corrected chi connectivity index (χ2v) is 8.49. The van der Waals surface area contributed by atoms with Gasteiger partial charge in [0.25, 0.3) is 5.91 Å². The lowest BCUT2D eigenvalue weighted by atomic mass is 9.96. The monoisotopic (exact) mass is 447 g/mol. The van der Waals surface area contributed by atoms with Crippen LogP contribution < -0.4 is 5.32 Å². The van der Waals surface area contributed by atoms with Gasteiger partial charge in [-0.25, -0.2) is 14.4 Å². The summed E-state index contributed by atoms with van der Waals surface area (Å²) in [5.74, 6) is 1.02. The summed E-state index contributed by atoms with van der Waals surface area (Å²) in [6.45, 7) is 1.95. The second-order valence-electron chi connectivity index (χ2n) is 8.49. The zero-order valence-corrected chi connectivity index (χ0v) is 18.3. The van der Waals surface area contributed by atoms with Crippen molar-refractivity contribution >= 4 is 17.4 Å². The highest BCUT2D eigenvalue weighted by Gasteiger charge is 2.33. The van der Waals surface area contributed by atoms with Gasteiger partial charge in [0, 0.05) is 55.3 Å². The second kappa shape index (κ2) is 9.62. The zero-order chi connectivity index (χ0) is 22.6. The van der Waals surface area contributed by atoms with Gasteiger partial charge in [0.05, 0.1) is 5.69 Å². The first-order valence-electron chi connectivity index (χ1n) is 11.4. The van der Waals surface area contributed by atoms with E-state index in [1.54, 1.807) is 24.5 Å². The Bertz CT molecular complexity index is 1120. The van der Waals surface area contributed by atoms with Crippen molar-refractivity contribution in [3.8, 4) is 11.3 Å². The maximum absolute atomic E-state index is 13.7. The Balaban J connectivity index is 1.44. The number of hydrogen-bond acceptors (Lipinski definition) is 6. The molecule has 7 nitrogen and oxygen atoms in total. The molecule has 1 N–H and O–H groups in total. The maximum atomic E-state index is 13.7. The van der Waals surface area contributed by atoms with E-state index in [9.17, 15) is 9.18 Å². The number of ether oxygens (including phenoxy) is 1. The van der Waals surface area contributed by atoms with Crippen molar-refractivity contribution in [2.24, 2.45) is 0 Å². The van der Waals surface area contributed by atoms with Gasteiger partial charge >= 0.3 is 0 Å². The quantitative estimate of drug-likeness (QED) is 0.628. The third-order valence-corrected chi connectivity index (χ3v) is 6.12. The molecule has 0 unspecified atom stereocenters. The summed E-state index contributed by atoms with van der Waals surface area (Å²) in [5.41, 5.74) is 2.28. The molecule has 0 bridgehead atoms. The molecule has 170 valence electrons. The lowest BCUT2D eigenvalue weighted by Gasteiger charge is -2.33. The number of nitrogens with one attached hydrogen (secondary N) is 1. The van der Waals surface area contributed by atoms with Crippen molar-refractivity contribution in [3.63, 3.8) is 0 Å². The predicted molar refractivity (Wildman–Crippen MR) is 122 cm³/mol. The summed E-state index contributed by atoms with van der Waals surface area (Å²) in [6, 6.07) is 11.9. The molecular formula is C25H26FN5O2. The fraction of sp³-hybridized carbons (Fsp3) is 0.360. The molecule has 1 amide bonds. The highest BCUT2D eigenvalue weighted by Crippen LogP contribution is 2.30. The van der Waals surface area contributed by atoms with Crippen molar-refractivity contribution < 1.29 is 13.9 Å². The molecule has 0 aliphatic carbocycles. The van der Waals surface area contributed by atoms with E-state index in [4.69, 9.17) is 14.7 Å². The highest BCUT2D eigenvalue weighted by molar-refractivity contribution is 5.81. The van der Waals surface area contributed by atoms with E-state index in [0.717, 1.165) is 43.5 Å². The highest BCUT2D eigenvalue weighted by atomic mass is 19.1. The molecule has 2 aliphatic rings. The first-order valence-corrected chi connectivity index (χ1v) is 11.4. The lowest BCUT2D eigenvalue weighted by molar-refractivity contribution is -0.142. The number of rotatable bonds is 5. The van der Waals surface area contributed by atoms with E-state index in [1.165, 1.54) is 12.1 Å². The molecule has 2 aromatic heterocycles. The first-order chi connectivity index (χ1) is 16.2. The van der Waals surface area contributed by atoms with Crippen LogP contribution in [-0.2, 0) is 9.53 Å². The van der Waals surface area contributed by atoms with Crippen LogP contribution in [0.1, 0.15) is 37.4 Å². The minimum atomic E-state index is -0.321. The topological polar surface area (TPSA) is 80.2 Å². The third-order valence-electron chi connectivity index (χ3n) is 6.12. The average molecular weight is 448 g/mol. The van der Waals surface area contributed by atoms with Crippen molar-refractivity contribution in [1.29, 1.82) is 0 Å². The van der Waals surface area contributed by atoms with Crippen LogP contribution >= 0.6 is 0 Å². The molecule has 8 heteroatoms. The number of nitrogens with zero attached hydrogens (tertiary/aromatic N) is 4. The minimum Gasteiger partial charge on any atom is -0.368 e. The third kappa shape index (κ3) is 5.01. The number of pyridine rings is 1. The van der Waals surface area contributed by atoms with E-state index in [1.807, 2.05) is 23.1 Å². The number of piperidine rings is 1. The molecule has 2 atom stereocenters. The molecule has 0 saturated carbocycles. The van der Waals surface area contributed by atoms with Gasteiger partial charge in [0.15, 0.2) is 0 Å². The summed E-state index contributed by atoms with van der Waals surface area (Å²) in [4.78, 5) is 28.5. The van der Waals surface area contributed by atoms with Crippen LogP contribution in [0.15, 0.2) is 54.9 Å². The molecular weight excluding hydrogens is 421 g/mol. The van der Waals surface area contributed by atoms with Crippen molar-refractivity contribution in [2.75, 3.05) is 25.0 Å². The number of aromatic nitrogens is 3. The predicted octanol–water partition coefficient (Wildman–Crippen LogP) is 4.31. The van der Waals surface area contributed by atoms with Crippen molar-refractivity contribution in [3.05, 3.63) is 66.5 Å². The molecule has 5 rings (SSSR count). The maximum Gasteiger partial charge on any atom is 0.251 e. The van der Waals surface area contributed by atoms with Gasteiger partial charge < -0.3 is 15.0 Å². The zero-order valence-electron chi connectivity index (χ0n) is 18.3. The molecule has 2 saturated heterocycles. The minimum absolute atomic E-state index is 0.0129. The van der Waals surface area contributed by atoms with Gasteiger partial charge in [-0.2, -0.15) is 0 Å². The summed E-state index contributed by atoms with van der Waals surface area (Å²) >= 11 is 0. The Kier molecular flexibility index (Phi) is 6.26. The molecule has 1 aromatic carbocycles. The Morgan fingerprint density at radius 2 is 1.97 bits per heavy atom. The van der Waals surface area contributed by atoms with Crippen LogP contribution in [0.4, 0.5) is 15.9 Å². The smallest absolute Gasteiger partial charge is 0.251 e. The van der Waals surface area contributed by atoms with Crippen LogP contribution in [0.3, 0.4) is 0 Å². The molecule has 3 aromatic rings. The lowest BCUT2D eigenvalue weighted by Crippen LogP contribution is -2.44. The van der Waals surface area contributed by atoms with E-state index >= 15 is 0 Å². The summed E-state index contributed by atoms with van der Waals surface area (Å²) in [6.07, 6.45) is 6.62. The molecule has 0 radical (unpaired) electrons. The Hall–Kier alpha value is -3.39. The molecule has 4 heterocycles. The largest absolute Gasteiger partial charge is 0.368 e. The Morgan fingerprint density at radius 3 is 2.76 bits per heavy atom. The number of carbonyl (C=O) groups excluding carboxylic acids is 1. The van der Waals surface area contributed by atoms with Crippen LogP contribution in [0, 0.1) is 5.82 Å². The van der Waals surface area contributed by atoms with Crippen LogP contribution in [0.5, 0.6) is 0 Å². The van der Waals surface area contributed by atoms with Gasteiger partial charge in [-0.3, -0.25) is 9.78 Å². The number of likely N-dealkylation sites (tertiary alicyclic amines) is 1. The molecule has 0 spiro atoms. The summed E-state index contributed by atoms with van der Waals surface area (Å²) in [5, 5.41) is 3.21. The normalized spacial score (nSPS) is 20.6. The first kappa shape index (κ1) is 21.5. The fourth-order valence-corrected chi connectivity index (χ4v) is 4.46. The number of carbonyl (C=O) groups is 1. The van der Waals surface area contributed by atoms with Crippen molar-refractivity contribution in [1.82, 2.24) is 19.9 Å². The molecule has 2 aliphatic heterocycles. The standard InChI is InChI=1S/C25H26FN5O2/c26-19-5-1-6-20(14-19)28-23-15-21(17-8-10-27-11-9-17)29-24(30-23)18-4-2-12-31(16-18)25(32)22-7-3-13-33-22/h1,5-6,8-11,14-15,18,22H,2-4,7,12-13,16H2,(H,28,29,30)/t18-,22-/m0/s1. The summed E-state index contributed by atoms with van der Waals surface area (Å²) in [7, 11) is 0. The van der Waals surface area contributed by atoms with Crippen LogP contribution in [-0.4, -0.2) is 51.6 Å². The number of amides is 1. The van der Waals surface area contributed by atoms with E-state index in [0.29, 0.717) is 30.5 Å². The van der Waals surface area contributed by atoms with Crippen LogP contribution in [0.2, 0.25) is 0 Å². The van der Waals surface area contributed by atoms with E-state index in [2.05, 4.69) is 10.3 Å². The van der Waals surface area contributed by atoms with Crippen LogP contribution in [0.25, 0.3) is 11.3 Å². The summed E-state index contributed by atoms with van der Waals surface area (Å²) < 4.78 is 19.3. The number of benzene rings is 1. The van der Waals surface area contributed by atoms with E-state index in [-0.39, 0.29) is 23.7 Å². The number of halogens is 1. The SMILES string of the molecule is O=C([C@@H]1CCCO1)N1CCC[C@H](c2nc(Nc3cccc(F)c3)cc(-c3ccncc3)n2)C1. The number of hydrogen-bond donors (Lipinski definition) is 1. The molecule has 2 fully saturated rings. The fourth-order valence-electron chi connectivity index (χ4n) is 4.46. The van der Waals surface area contributed by atoms with E-state index < -0.39 is 0 Å². The van der Waals surface area contributed by atoms with Crippen molar-refractivity contribution in [2.45, 2.75) is 37.7 Å². The Morgan fingerprint density at radius 1 is 1.09 bits per heavy atom.